The van der Waals surface area contributed by atoms with Crippen molar-refractivity contribution in [2.45, 2.75) is 238 Å². The number of likely N-dealkylation sites (N-methyl/N-ethyl adjacent to an activating group) is 1. The maximum Gasteiger partial charge on any atom is 0.408 e. The lowest BCUT2D eigenvalue weighted by Gasteiger charge is -2.41. The summed E-state index contributed by atoms with van der Waals surface area (Å²) in [6.45, 7) is 21.9. The number of Topliss-reactive ketones (excluding diaryl/α,β-unsaturated/α-hetero) is 4. The quantitative estimate of drug-likeness (QED) is 0.0224. The van der Waals surface area contributed by atoms with Crippen molar-refractivity contribution >= 4 is 80.4 Å². The van der Waals surface area contributed by atoms with Crippen LogP contribution in [0.15, 0.2) is 101 Å². The maximum atomic E-state index is 14.9. The molecule has 1 fully saturated rings. The Labute approximate surface area is 631 Å². The zero-order valence-corrected chi connectivity index (χ0v) is 66.4. The van der Waals surface area contributed by atoms with E-state index in [2.05, 4.69) is 31.0 Å². The molecule has 25 nitrogen and oxygen atoms in total. The number of nitrogens with zero attached hydrogens (tertiary/aromatic N) is 3. The number of benzene rings is 3. The van der Waals surface area contributed by atoms with Crippen molar-refractivity contribution in [3.05, 3.63) is 118 Å². The molecule has 7 amide bonds. The van der Waals surface area contributed by atoms with Crippen LogP contribution in [0.2, 0.25) is 0 Å². The molecule has 0 aliphatic carbocycles. The summed E-state index contributed by atoms with van der Waals surface area (Å²) in [4.78, 5) is 146. The van der Waals surface area contributed by atoms with Gasteiger partial charge in [0.25, 0.3) is 0 Å². The van der Waals surface area contributed by atoms with Crippen LogP contribution < -0.4 is 31.7 Å². The Morgan fingerprint density at radius 1 is 0.708 bits per heavy atom. The van der Waals surface area contributed by atoms with Crippen LogP contribution in [0.1, 0.15) is 188 Å². The van der Waals surface area contributed by atoms with Gasteiger partial charge in [-0.3, -0.25) is 33.6 Å². The average Bonchev–Trinajstić information content (AvgIpc) is 1.40. The third-order valence-electron chi connectivity index (χ3n) is 19.9. The molecule has 0 radical (unpaired) electrons. The fraction of sp³-hybridized carbons (Fsp3) is 0.608. The number of likely N-dealkylation sites (tertiary alicyclic amines) is 1. The van der Waals surface area contributed by atoms with Gasteiger partial charge < -0.3 is 55.7 Å². The number of unbranched alkanes of at least 4 members (excludes halogenated alkanes) is 1. The SMILES string of the molecule is CC[C@H](C)[C@@H]([C@@H](CC(=O)N1CCC[C@H]1[C@H](OC)[C@@H](C)C(=O)C[C@@H](Cc1ccccc1)c1nccs1)OC)N(C)C(=O)[C@@H](CC(=O)C(C)(C)NC(=O)OCc1ccc(CC(=O)[C@H](CCCNC(N)=O)NC(=O)[C@@H](CC(=O)[C@@H](CCCCNC(=O)OC(C)(C)C)NS(=O)(=O)c2ccccc2)C(C)C)cc1)C(C)C. The Morgan fingerprint density at radius 3 is 1.92 bits per heavy atom. The first-order chi connectivity index (χ1) is 50.0. The molecular weight excluding hydrogens is 1400 g/mol. The second-order valence-corrected chi connectivity index (χ2v) is 32.8. The first-order valence-electron chi connectivity index (χ1n) is 37.1. The topological polar surface area (TPSA) is 347 Å². The van der Waals surface area contributed by atoms with Gasteiger partial charge in [0.15, 0.2) is 17.3 Å². The van der Waals surface area contributed by atoms with Crippen LogP contribution in [-0.4, -0.2) is 171 Å². The Balaban J connectivity index is 1.19. The first-order valence-corrected chi connectivity index (χ1v) is 39.4. The van der Waals surface area contributed by atoms with Crippen molar-refractivity contribution in [3.63, 3.8) is 0 Å². The predicted molar refractivity (Wildman–Crippen MR) is 407 cm³/mol. The van der Waals surface area contributed by atoms with Gasteiger partial charge in [0.1, 0.15) is 18.0 Å². The number of carbonyl (C=O) groups is 10. The van der Waals surface area contributed by atoms with Crippen LogP contribution in [-0.2, 0) is 82.0 Å². The normalized spacial score (nSPS) is 16.2. The minimum absolute atomic E-state index is 0.0274. The van der Waals surface area contributed by atoms with E-state index in [-0.39, 0.29) is 117 Å². The monoisotopic (exact) mass is 1510 g/mol. The number of rotatable bonds is 45. The van der Waals surface area contributed by atoms with Crippen LogP contribution in [0, 0.1) is 35.5 Å². The summed E-state index contributed by atoms with van der Waals surface area (Å²) < 4.78 is 52.9. The number of carbonyl (C=O) groups excluding carboxylic acids is 10. The Hall–Kier alpha value is -7.98. The Kier molecular flexibility index (Phi) is 35.6. The number of ketones is 4. The fourth-order valence-electron chi connectivity index (χ4n) is 13.5. The molecule has 0 saturated carbocycles. The molecule has 0 unspecified atom stereocenters. The number of hydrogen-bond donors (Lipinski definition) is 6. The van der Waals surface area contributed by atoms with Gasteiger partial charge in [-0.2, -0.15) is 0 Å². The van der Waals surface area contributed by atoms with E-state index in [1.165, 1.54) is 44.4 Å². The largest absolute Gasteiger partial charge is 0.445 e. The van der Waals surface area contributed by atoms with E-state index in [1.807, 2.05) is 75.2 Å². The number of methoxy groups -OCH3 is 2. The molecule has 586 valence electrons. The highest BCUT2D eigenvalue weighted by Gasteiger charge is 2.44. The Morgan fingerprint density at radius 2 is 1.33 bits per heavy atom. The smallest absolute Gasteiger partial charge is 0.408 e. The molecule has 106 heavy (non-hydrogen) atoms. The number of hydrogen-bond acceptors (Lipinski definition) is 18. The number of primary amides is 1. The number of urea groups is 1. The van der Waals surface area contributed by atoms with E-state index in [4.69, 9.17) is 24.7 Å². The maximum absolute atomic E-state index is 14.9. The summed E-state index contributed by atoms with van der Waals surface area (Å²) in [5.74, 6) is -5.85. The van der Waals surface area contributed by atoms with Crippen LogP contribution in [0.3, 0.4) is 0 Å². The summed E-state index contributed by atoms with van der Waals surface area (Å²) in [5, 5.41) is 13.5. The summed E-state index contributed by atoms with van der Waals surface area (Å²) in [6, 6.07) is 20.1. The molecule has 27 heteroatoms. The summed E-state index contributed by atoms with van der Waals surface area (Å²) in [6.07, 6.45) is 2.10. The highest BCUT2D eigenvalue weighted by molar-refractivity contribution is 7.89. The van der Waals surface area contributed by atoms with Crippen molar-refractivity contribution in [1.82, 2.24) is 40.8 Å². The number of ether oxygens (including phenoxy) is 4. The lowest BCUT2D eigenvalue weighted by atomic mass is 9.83. The molecule has 2 heterocycles. The van der Waals surface area contributed by atoms with E-state index in [0.29, 0.717) is 49.8 Å². The second kappa shape index (κ2) is 42.5. The number of nitrogens with two attached hydrogens (primary N) is 1. The first kappa shape index (κ1) is 88.6. The van der Waals surface area contributed by atoms with Crippen molar-refractivity contribution in [3.8, 4) is 0 Å². The molecule has 5 rings (SSSR count). The summed E-state index contributed by atoms with van der Waals surface area (Å²) >= 11 is 1.53. The number of aromatic nitrogens is 1. The van der Waals surface area contributed by atoms with Gasteiger partial charge in [0, 0.05) is 102 Å². The van der Waals surface area contributed by atoms with E-state index in [0.717, 1.165) is 17.0 Å². The van der Waals surface area contributed by atoms with E-state index < -0.39 is 117 Å². The van der Waals surface area contributed by atoms with Crippen LogP contribution in [0.25, 0.3) is 0 Å². The summed E-state index contributed by atoms with van der Waals surface area (Å²) in [5.41, 5.74) is 5.29. The molecule has 1 aliphatic heterocycles. The van der Waals surface area contributed by atoms with Gasteiger partial charge >= 0.3 is 18.2 Å². The van der Waals surface area contributed by atoms with Gasteiger partial charge in [-0.15, -0.1) is 11.3 Å². The fourth-order valence-corrected chi connectivity index (χ4v) is 15.5. The van der Waals surface area contributed by atoms with Crippen molar-refractivity contribution in [2.75, 3.05) is 40.9 Å². The van der Waals surface area contributed by atoms with E-state index in [9.17, 15) is 56.4 Å². The number of amides is 7. The van der Waals surface area contributed by atoms with Crippen LogP contribution >= 0.6 is 11.3 Å². The predicted octanol–water partition coefficient (Wildman–Crippen LogP) is 10.6. The number of alkyl carbamates (subject to hydrolysis) is 2. The average molecular weight is 1510 g/mol. The lowest BCUT2D eigenvalue weighted by molar-refractivity contribution is -0.149. The third kappa shape index (κ3) is 28.0. The molecule has 11 atom stereocenters. The molecule has 1 aliphatic rings. The summed E-state index contributed by atoms with van der Waals surface area (Å²) in [7, 11) is 0.591. The molecular formula is C79H117N9O16S2. The lowest BCUT2D eigenvalue weighted by Crippen LogP contribution is -2.55. The van der Waals surface area contributed by atoms with Gasteiger partial charge in [-0.25, -0.2) is 32.5 Å². The van der Waals surface area contributed by atoms with Gasteiger partial charge in [-0.1, -0.05) is 128 Å². The minimum Gasteiger partial charge on any atom is -0.445 e. The van der Waals surface area contributed by atoms with Gasteiger partial charge in [-0.05, 0) is 133 Å². The highest BCUT2D eigenvalue weighted by Crippen LogP contribution is 2.34. The molecule has 0 spiro atoms. The van der Waals surface area contributed by atoms with E-state index >= 15 is 0 Å². The second-order valence-electron chi connectivity index (χ2n) is 30.2. The standard InChI is InChI=1S/C79H117N9O16S2/c1-16-52(6)70(67(101-14)48-69(93)88-41-26-33-63(88)71(102-15)53(7)64(89)45-57(73-81-40-42-105-73)43-54-27-19-17-20-28-54)87(13)74(95)60(51(4)5)47-68(92)79(11,12)85-77(98)103-49-56-36-34-55(35-37-56)44-65(90)61(32-25-39-82-75(80)96)84-72(94)59(50(2)3)46-66(91)62(86-106(99,100)58-29-21-18-22-30-58)31-23-24-38-83-76(97)104-78(8,9)10/h17-22,27-30,34-37,40,42,50-53,57,59-63,67,70-71,86H,16,23-26,31-33,38-39,41,43-49H2,1-15H3,(H,83,97)(H,84,94)(H,85,98)(H3,80,82,96)/t52-,53-,57+,59-,60-,61-,62+,63-,67+,70-,71+/m0/s1. The molecule has 1 saturated heterocycles. The zero-order valence-electron chi connectivity index (χ0n) is 64.7. The number of nitrogens with one attached hydrogen (secondary N) is 5. The number of thiazole rings is 1. The number of sulfonamides is 1. The minimum atomic E-state index is -4.20. The zero-order chi connectivity index (χ0) is 78.6. The molecule has 4 aromatic rings. The Bertz CT molecular complexity index is 3610. The molecule has 7 N–H and O–H groups in total. The van der Waals surface area contributed by atoms with Crippen molar-refractivity contribution in [1.29, 1.82) is 0 Å². The molecule has 1 aromatic heterocycles. The molecule has 0 bridgehead atoms. The van der Waals surface area contributed by atoms with Crippen molar-refractivity contribution in [2.24, 2.45) is 41.2 Å². The highest BCUT2D eigenvalue weighted by atomic mass is 32.2. The van der Waals surface area contributed by atoms with Gasteiger partial charge in [0.2, 0.25) is 27.7 Å². The van der Waals surface area contributed by atoms with Crippen LogP contribution in [0.4, 0.5) is 14.4 Å². The molecule has 3 aromatic carbocycles. The van der Waals surface area contributed by atoms with E-state index in [1.54, 1.807) is 102 Å². The van der Waals surface area contributed by atoms with Gasteiger partial charge in [0.05, 0.1) is 58.2 Å². The van der Waals surface area contributed by atoms with Crippen LogP contribution in [0.5, 0.6) is 0 Å². The third-order valence-corrected chi connectivity index (χ3v) is 22.3. The van der Waals surface area contributed by atoms with Crippen molar-refractivity contribution < 1.29 is 75.3 Å².